The van der Waals surface area contributed by atoms with Crippen molar-refractivity contribution in [1.82, 2.24) is 4.90 Å². The van der Waals surface area contributed by atoms with Gasteiger partial charge in [-0.2, -0.15) is 0 Å². The molecule has 3 nitrogen and oxygen atoms in total. The van der Waals surface area contributed by atoms with Crippen LogP contribution in [0.4, 0.5) is 0 Å². The fourth-order valence-electron chi connectivity index (χ4n) is 2.40. The van der Waals surface area contributed by atoms with E-state index in [1.807, 2.05) is 19.1 Å². The summed E-state index contributed by atoms with van der Waals surface area (Å²) in [7, 11) is 0. The molecule has 0 saturated carbocycles. The minimum absolute atomic E-state index is 0.0992. The number of rotatable bonds is 3. The third kappa shape index (κ3) is 3.00. The van der Waals surface area contributed by atoms with Gasteiger partial charge in [-0.05, 0) is 38.4 Å². The first-order valence-electron chi connectivity index (χ1n) is 5.79. The summed E-state index contributed by atoms with van der Waals surface area (Å²) < 4.78 is 0.791. The normalized spacial score (nSPS) is 26.0. The summed E-state index contributed by atoms with van der Waals surface area (Å²) in [5.41, 5.74) is 0. The molecule has 17 heavy (non-hydrogen) atoms. The molecule has 2 heterocycles. The summed E-state index contributed by atoms with van der Waals surface area (Å²) in [5.74, 6) is -0.911. The van der Waals surface area contributed by atoms with E-state index in [1.54, 1.807) is 11.3 Å². The van der Waals surface area contributed by atoms with Crippen molar-refractivity contribution in [3.05, 3.63) is 21.3 Å². The highest BCUT2D eigenvalue weighted by Crippen LogP contribution is 2.28. The largest absolute Gasteiger partial charge is 0.481 e. The summed E-state index contributed by atoms with van der Waals surface area (Å²) in [6.07, 6.45) is 1.75. The van der Waals surface area contributed by atoms with E-state index in [0.29, 0.717) is 0 Å². The van der Waals surface area contributed by atoms with Crippen molar-refractivity contribution in [3.8, 4) is 0 Å². The molecular weight excluding hydrogens is 258 g/mol. The molecule has 0 radical (unpaired) electrons. The molecular formula is C12H16ClNO2S. The maximum Gasteiger partial charge on any atom is 0.308 e. The number of carboxylic acids is 1. The Balaban J connectivity index is 2.03. The Labute approximate surface area is 110 Å². The number of thiophene rings is 1. The SMILES string of the molecule is C[C@@H]1[C@H](C(=O)O)CCCN1Cc1ccc(Cl)s1. The van der Waals surface area contributed by atoms with Gasteiger partial charge in [0, 0.05) is 17.5 Å². The smallest absolute Gasteiger partial charge is 0.308 e. The zero-order valence-electron chi connectivity index (χ0n) is 9.73. The minimum atomic E-state index is -0.675. The Morgan fingerprint density at radius 3 is 3.00 bits per heavy atom. The second-order valence-electron chi connectivity index (χ2n) is 4.50. The fraction of sp³-hybridized carbons (Fsp3) is 0.583. The number of carboxylic acid groups (broad SMARTS) is 1. The van der Waals surface area contributed by atoms with E-state index < -0.39 is 5.97 Å². The zero-order valence-corrected chi connectivity index (χ0v) is 11.3. The van der Waals surface area contributed by atoms with Crippen LogP contribution < -0.4 is 0 Å². The first-order chi connectivity index (χ1) is 8.08. The van der Waals surface area contributed by atoms with Crippen molar-refractivity contribution in [2.45, 2.75) is 32.4 Å². The summed E-state index contributed by atoms with van der Waals surface area (Å²) in [6.45, 7) is 3.79. The number of carbonyl (C=O) groups is 1. The molecule has 0 aromatic carbocycles. The minimum Gasteiger partial charge on any atom is -0.481 e. The maximum absolute atomic E-state index is 11.1. The van der Waals surface area contributed by atoms with Gasteiger partial charge in [0.05, 0.1) is 10.3 Å². The lowest BCUT2D eigenvalue weighted by atomic mass is 9.90. The second-order valence-corrected chi connectivity index (χ2v) is 6.30. The molecule has 94 valence electrons. The quantitative estimate of drug-likeness (QED) is 0.920. The predicted octanol–water partition coefficient (Wildman–Crippen LogP) is 3.09. The molecule has 2 rings (SSSR count). The molecule has 1 N–H and O–H groups in total. The predicted molar refractivity (Wildman–Crippen MR) is 69.6 cm³/mol. The summed E-state index contributed by atoms with van der Waals surface area (Å²) in [5, 5.41) is 9.15. The highest BCUT2D eigenvalue weighted by molar-refractivity contribution is 7.16. The lowest BCUT2D eigenvalue weighted by Gasteiger charge is -2.37. The van der Waals surface area contributed by atoms with Gasteiger partial charge in [-0.1, -0.05) is 11.6 Å². The zero-order chi connectivity index (χ0) is 12.4. The summed E-state index contributed by atoms with van der Waals surface area (Å²) in [4.78, 5) is 14.6. The van der Waals surface area contributed by atoms with Crippen molar-refractivity contribution in [3.63, 3.8) is 0 Å². The third-order valence-corrected chi connectivity index (χ3v) is 4.64. The molecule has 0 bridgehead atoms. The maximum atomic E-state index is 11.1. The molecule has 0 unspecified atom stereocenters. The van der Waals surface area contributed by atoms with E-state index in [4.69, 9.17) is 16.7 Å². The summed E-state index contributed by atoms with van der Waals surface area (Å²) in [6, 6.07) is 4.01. The van der Waals surface area contributed by atoms with Crippen LogP contribution in [0.3, 0.4) is 0 Å². The number of nitrogens with zero attached hydrogens (tertiary/aromatic N) is 1. The molecule has 1 saturated heterocycles. The Bertz CT molecular complexity index is 407. The van der Waals surface area contributed by atoms with Crippen LogP contribution in [0.25, 0.3) is 0 Å². The lowest BCUT2D eigenvalue weighted by Crippen LogP contribution is -2.45. The van der Waals surface area contributed by atoms with E-state index in [2.05, 4.69) is 4.90 Å². The van der Waals surface area contributed by atoms with Gasteiger partial charge >= 0.3 is 5.97 Å². The van der Waals surface area contributed by atoms with Gasteiger partial charge in [0.25, 0.3) is 0 Å². The number of piperidine rings is 1. The standard InChI is InChI=1S/C12H16ClNO2S/c1-8-10(12(15)16)3-2-6-14(8)7-9-4-5-11(13)17-9/h4-5,8,10H,2-3,6-7H2,1H3,(H,15,16)/t8-,10-/m1/s1. The van der Waals surface area contributed by atoms with E-state index >= 15 is 0 Å². The Morgan fingerprint density at radius 2 is 2.41 bits per heavy atom. The average molecular weight is 274 g/mol. The third-order valence-electron chi connectivity index (χ3n) is 3.42. The first kappa shape index (κ1) is 12.9. The van der Waals surface area contributed by atoms with Gasteiger partial charge in [-0.25, -0.2) is 0 Å². The molecule has 1 aliphatic rings. The highest BCUT2D eigenvalue weighted by atomic mass is 35.5. The summed E-state index contributed by atoms with van der Waals surface area (Å²) >= 11 is 7.47. The van der Waals surface area contributed by atoms with Crippen LogP contribution in [-0.4, -0.2) is 28.6 Å². The van der Waals surface area contributed by atoms with E-state index in [9.17, 15) is 4.79 Å². The molecule has 0 amide bonds. The molecule has 5 heteroatoms. The van der Waals surface area contributed by atoms with Gasteiger partial charge in [0.2, 0.25) is 0 Å². The Kier molecular flexibility index (Phi) is 4.07. The van der Waals surface area contributed by atoms with E-state index in [-0.39, 0.29) is 12.0 Å². The second kappa shape index (κ2) is 5.38. The van der Waals surface area contributed by atoms with Crippen LogP contribution in [0.15, 0.2) is 12.1 Å². The van der Waals surface area contributed by atoms with Crippen molar-refractivity contribution in [2.75, 3.05) is 6.54 Å². The number of likely N-dealkylation sites (tertiary alicyclic amines) is 1. The first-order valence-corrected chi connectivity index (χ1v) is 6.98. The molecule has 2 atom stereocenters. The van der Waals surface area contributed by atoms with Crippen molar-refractivity contribution in [1.29, 1.82) is 0 Å². The van der Waals surface area contributed by atoms with Gasteiger partial charge < -0.3 is 5.11 Å². The van der Waals surface area contributed by atoms with Crippen molar-refractivity contribution in [2.24, 2.45) is 5.92 Å². The average Bonchev–Trinajstić information content (AvgIpc) is 2.67. The Morgan fingerprint density at radius 1 is 1.65 bits per heavy atom. The van der Waals surface area contributed by atoms with Crippen LogP contribution in [0.5, 0.6) is 0 Å². The van der Waals surface area contributed by atoms with Crippen LogP contribution in [0.2, 0.25) is 4.34 Å². The van der Waals surface area contributed by atoms with Crippen molar-refractivity contribution < 1.29 is 9.90 Å². The van der Waals surface area contributed by atoms with Gasteiger partial charge in [-0.3, -0.25) is 9.69 Å². The number of hydrogen-bond donors (Lipinski definition) is 1. The number of hydrogen-bond acceptors (Lipinski definition) is 3. The highest BCUT2D eigenvalue weighted by Gasteiger charge is 2.32. The number of halogens is 1. The van der Waals surface area contributed by atoms with E-state index in [0.717, 1.165) is 30.3 Å². The van der Waals surface area contributed by atoms with E-state index in [1.165, 1.54) is 4.88 Å². The van der Waals surface area contributed by atoms with Gasteiger partial charge in [0.15, 0.2) is 0 Å². The van der Waals surface area contributed by atoms with Crippen LogP contribution >= 0.6 is 22.9 Å². The van der Waals surface area contributed by atoms with Crippen molar-refractivity contribution >= 4 is 28.9 Å². The van der Waals surface area contributed by atoms with Crippen LogP contribution in [-0.2, 0) is 11.3 Å². The fourth-order valence-corrected chi connectivity index (χ4v) is 3.52. The molecule has 1 aromatic rings. The molecule has 1 aliphatic heterocycles. The monoisotopic (exact) mass is 273 g/mol. The Hall–Kier alpha value is -0.580. The molecule has 0 spiro atoms. The molecule has 1 fully saturated rings. The molecule has 1 aromatic heterocycles. The van der Waals surface area contributed by atoms with Crippen LogP contribution in [0.1, 0.15) is 24.6 Å². The number of aliphatic carboxylic acids is 1. The van der Waals surface area contributed by atoms with Gasteiger partial charge in [0.1, 0.15) is 0 Å². The lowest BCUT2D eigenvalue weighted by molar-refractivity contribution is -0.145. The van der Waals surface area contributed by atoms with Gasteiger partial charge in [-0.15, -0.1) is 11.3 Å². The topological polar surface area (TPSA) is 40.5 Å². The van der Waals surface area contributed by atoms with Crippen LogP contribution in [0, 0.1) is 5.92 Å². The molecule has 0 aliphatic carbocycles.